The zero-order valence-corrected chi connectivity index (χ0v) is 16.9. The molecule has 0 spiro atoms. The maximum absolute atomic E-state index is 13.0. The van der Waals surface area contributed by atoms with Crippen LogP contribution < -0.4 is 5.63 Å². The van der Waals surface area contributed by atoms with Gasteiger partial charge in [0.05, 0.1) is 5.56 Å². The molecule has 3 nitrogen and oxygen atoms in total. The van der Waals surface area contributed by atoms with Crippen molar-refractivity contribution in [2.24, 2.45) is 11.8 Å². The molecule has 2 aromatic rings. The summed E-state index contributed by atoms with van der Waals surface area (Å²) in [5.74, 6) is 2.08. The van der Waals surface area contributed by atoms with Crippen LogP contribution in [0.3, 0.4) is 0 Å². The molecule has 2 aliphatic carbocycles. The molecule has 150 valence electrons. The molecular formula is C25H32O3. The van der Waals surface area contributed by atoms with Gasteiger partial charge in [-0.15, -0.1) is 0 Å². The number of benzene rings is 1. The van der Waals surface area contributed by atoms with E-state index < -0.39 is 0 Å². The fraction of sp³-hybridized carbons (Fsp3) is 0.560. The van der Waals surface area contributed by atoms with Crippen molar-refractivity contribution in [3.63, 3.8) is 0 Å². The largest absolute Gasteiger partial charge is 0.507 e. The van der Waals surface area contributed by atoms with Crippen LogP contribution in [0.1, 0.15) is 93.4 Å². The highest BCUT2D eigenvalue weighted by atomic mass is 16.4. The van der Waals surface area contributed by atoms with Gasteiger partial charge in [0, 0.05) is 17.9 Å². The molecule has 1 N–H and O–H groups in total. The van der Waals surface area contributed by atoms with Crippen molar-refractivity contribution in [2.75, 3.05) is 0 Å². The zero-order chi connectivity index (χ0) is 19.5. The van der Waals surface area contributed by atoms with E-state index in [1.54, 1.807) is 6.07 Å². The fourth-order valence-corrected chi connectivity index (χ4v) is 5.07. The predicted octanol–water partition coefficient (Wildman–Crippen LogP) is 6.35. The van der Waals surface area contributed by atoms with E-state index in [0.29, 0.717) is 23.2 Å². The second kappa shape index (κ2) is 8.55. The average Bonchev–Trinajstić information content (AvgIpc) is 3.55. The van der Waals surface area contributed by atoms with Crippen molar-refractivity contribution in [1.82, 2.24) is 0 Å². The quantitative estimate of drug-likeness (QED) is 0.609. The first kappa shape index (κ1) is 19.3. The first-order valence-electron chi connectivity index (χ1n) is 11.1. The fourth-order valence-electron chi connectivity index (χ4n) is 5.07. The van der Waals surface area contributed by atoms with E-state index in [-0.39, 0.29) is 23.2 Å². The third kappa shape index (κ3) is 4.19. The minimum atomic E-state index is -0.349. The maximum atomic E-state index is 13.0. The number of aromatic hydroxyl groups is 1. The SMILES string of the molecule is CCC(CC1CCCCC1)c1cc(O)c(C(c2ccccc2)C2CC2)c(=O)o1. The van der Waals surface area contributed by atoms with Crippen molar-refractivity contribution >= 4 is 0 Å². The Kier molecular flexibility index (Phi) is 5.89. The lowest BCUT2D eigenvalue weighted by atomic mass is 9.81. The Balaban J connectivity index is 1.63. The minimum absolute atomic E-state index is 0.0649. The standard InChI is InChI=1S/C25H32O3/c1-2-18(15-17-9-5-3-6-10-17)22-16-21(26)24(25(27)28-22)23(20-13-14-20)19-11-7-4-8-12-19/h4,7-8,11-12,16-18,20,23,26H,2-3,5-6,9-10,13-15H2,1H3. The highest BCUT2D eigenvalue weighted by Crippen LogP contribution is 2.48. The van der Waals surface area contributed by atoms with Crippen LogP contribution in [-0.2, 0) is 0 Å². The average molecular weight is 381 g/mol. The number of hydrogen-bond donors (Lipinski definition) is 1. The Hall–Kier alpha value is -2.03. The molecular weight excluding hydrogens is 348 g/mol. The molecule has 2 aliphatic rings. The molecule has 2 unspecified atom stereocenters. The molecule has 0 amide bonds. The smallest absolute Gasteiger partial charge is 0.343 e. The summed E-state index contributed by atoms with van der Waals surface area (Å²) in [6.45, 7) is 2.15. The monoisotopic (exact) mass is 380 g/mol. The molecule has 0 bridgehead atoms. The van der Waals surface area contributed by atoms with Crippen molar-refractivity contribution in [3.05, 3.63) is 63.7 Å². The maximum Gasteiger partial charge on any atom is 0.343 e. The van der Waals surface area contributed by atoms with Crippen LogP contribution in [0.4, 0.5) is 0 Å². The van der Waals surface area contributed by atoms with Gasteiger partial charge in [-0.05, 0) is 43.1 Å². The van der Waals surface area contributed by atoms with Crippen molar-refractivity contribution < 1.29 is 9.52 Å². The highest BCUT2D eigenvalue weighted by molar-refractivity contribution is 5.41. The Labute approximate surface area is 167 Å². The lowest BCUT2D eigenvalue weighted by Crippen LogP contribution is -2.18. The van der Waals surface area contributed by atoms with Crippen LogP contribution in [0.25, 0.3) is 0 Å². The molecule has 0 saturated heterocycles. The molecule has 2 saturated carbocycles. The van der Waals surface area contributed by atoms with Gasteiger partial charge in [0.15, 0.2) is 0 Å². The van der Waals surface area contributed by atoms with Gasteiger partial charge in [-0.3, -0.25) is 0 Å². The van der Waals surface area contributed by atoms with Gasteiger partial charge in [-0.25, -0.2) is 4.79 Å². The lowest BCUT2D eigenvalue weighted by Gasteiger charge is -2.26. The third-order valence-corrected chi connectivity index (χ3v) is 6.79. The Morgan fingerprint density at radius 3 is 2.39 bits per heavy atom. The summed E-state index contributed by atoms with van der Waals surface area (Å²) in [4.78, 5) is 13.0. The van der Waals surface area contributed by atoms with Crippen molar-refractivity contribution in [1.29, 1.82) is 0 Å². The molecule has 2 fully saturated rings. The normalized spacial score (nSPS) is 20.0. The van der Waals surface area contributed by atoms with Crippen molar-refractivity contribution in [2.45, 2.75) is 76.5 Å². The molecule has 28 heavy (non-hydrogen) atoms. The first-order chi connectivity index (χ1) is 13.7. The van der Waals surface area contributed by atoms with E-state index in [2.05, 4.69) is 6.92 Å². The van der Waals surface area contributed by atoms with Crippen LogP contribution in [0.5, 0.6) is 5.75 Å². The second-order valence-corrected chi connectivity index (χ2v) is 8.81. The van der Waals surface area contributed by atoms with Gasteiger partial charge in [0.2, 0.25) is 0 Å². The summed E-state index contributed by atoms with van der Waals surface area (Å²) < 4.78 is 5.85. The first-order valence-corrected chi connectivity index (χ1v) is 11.1. The minimum Gasteiger partial charge on any atom is -0.507 e. The van der Waals surface area contributed by atoms with Crippen molar-refractivity contribution in [3.8, 4) is 5.75 Å². The van der Waals surface area contributed by atoms with E-state index in [4.69, 9.17) is 4.42 Å². The van der Waals surface area contributed by atoms with Crippen LogP contribution in [-0.4, -0.2) is 5.11 Å². The lowest BCUT2D eigenvalue weighted by molar-refractivity contribution is 0.290. The molecule has 3 heteroatoms. The second-order valence-electron chi connectivity index (χ2n) is 8.81. The van der Waals surface area contributed by atoms with E-state index >= 15 is 0 Å². The Morgan fingerprint density at radius 1 is 1.07 bits per heavy atom. The summed E-state index contributed by atoms with van der Waals surface area (Å²) in [6.07, 6.45) is 10.7. The van der Waals surface area contributed by atoms with Gasteiger partial charge in [0.25, 0.3) is 0 Å². The molecule has 4 rings (SSSR count). The van der Waals surface area contributed by atoms with Crippen LogP contribution >= 0.6 is 0 Å². The van der Waals surface area contributed by atoms with Gasteiger partial charge in [-0.1, -0.05) is 69.4 Å². The number of rotatable bonds is 7. The van der Waals surface area contributed by atoms with Crippen LogP contribution in [0.2, 0.25) is 0 Å². The topological polar surface area (TPSA) is 50.4 Å². The Bertz CT molecular complexity index is 829. The van der Waals surface area contributed by atoms with Gasteiger partial charge in [0.1, 0.15) is 11.5 Å². The number of hydrogen-bond acceptors (Lipinski definition) is 3. The predicted molar refractivity (Wildman–Crippen MR) is 112 cm³/mol. The molecule has 1 heterocycles. The third-order valence-electron chi connectivity index (χ3n) is 6.79. The summed E-state index contributed by atoms with van der Waals surface area (Å²) in [6, 6.07) is 11.8. The summed E-state index contributed by atoms with van der Waals surface area (Å²) in [5.41, 5.74) is 1.19. The highest BCUT2D eigenvalue weighted by Gasteiger charge is 2.37. The summed E-state index contributed by atoms with van der Waals surface area (Å²) in [5, 5.41) is 10.9. The van der Waals surface area contributed by atoms with Crippen LogP contribution in [0, 0.1) is 11.8 Å². The Morgan fingerprint density at radius 2 is 1.79 bits per heavy atom. The molecule has 0 aliphatic heterocycles. The molecule has 1 aromatic carbocycles. The zero-order valence-electron chi connectivity index (χ0n) is 16.9. The van der Waals surface area contributed by atoms with E-state index in [1.807, 2.05) is 30.3 Å². The van der Waals surface area contributed by atoms with E-state index in [0.717, 1.165) is 31.2 Å². The summed E-state index contributed by atoms with van der Waals surface area (Å²) in [7, 11) is 0. The van der Waals surface area contributed by atoms with Gasteiger partial charge >= 0.3 is 5.63 Å². The molecule has 2 atom stereocenters. The molecule has 1 aromatic heterocycles. The van der Waals surface area contributed by atoms with Gasteiger partial charge in [-0.2, -0.15) is 0 Å². The molecule has 0 radical (unpaired) electrons. The van der Waals surface area contributed by atoms with E-state index in [9.17, 15) is 9.90 Å². The van der Waals surface area contributed by atoms with Gasteiger partial charge < -0.3 is 9.52 Å². The van der Waals surface area contributed by atoms with E-state index in [1.165, 1.54) is 32.1 Å². The summed E-state index contributed by atoms with van der Waals surface area (Å²) >= 11 is 0. The van der Waals surface area contributed by atoms with Crippen LogP contribution in [0.15, 0.2) is 45.6 Å².